The summed E-state index contributed by atoms with van der Waals surface area (Å²) in [5, 5.41) is 2.49. The number of hydrogen-bond donors (Lipinski definition) is 1. The number of rotatable bonds is 6. The normalized spacial score (nSPS) is 9.71. The number of nitrogens with one attached hydrogen (secondary N) is 1. The summed E-state index contributed by atoms with van der Waals surface area (Å²) in [5.74, 6) is 0.115. The van der Waals surface area contributed by atoms with Crippen LogP contribution in [0.5, 0.6) is 0 Å². The molecule has 0 aliphatic heterocycles. The molecule has 5 heteroatoms. The number of amides is 1. The topological polar surface area (TPSA) is 55.4 Å². The molecule has 0 radical (unpaired) electrons. The standard InChI is InChI=1S/C12H15NO3S/c1-16-12(15)9-13-11(14)7-8-17-10-5-3-2-4-6-10/h2-6H,7-9H2,1H3,(H,13,14). The van der Waals surface area contributed by atoms with Gasteiger partial charge in [-0.25, -0.2) is 0 Å². The smallest absolute Gasteiger partial charge is 0.325 e. The van der Waals surface area contributed by atoms with Gasteiger partial charge in [-0.1, -0.05) is 18.2 Å². The van der Waals surface area contributed by atoms with Gasteiger partial charge in [-0.05, 0) is 12.1 Å². The molecule has 0 aliphatic carbocycles. The lowest BCUT2D eigenvalue weighted by molar-refractivity contribution is -0.141. The molecule has 92 valence electrons. The van der Waals surface area contributed by atoms with Crippen molar-refractivity contribution in [3.05, 3.63) is 30.3 Å². The fourth-order valence-corrected chi connectivity index (χ4v) is 1.98. The average Bonchev–Trinajstić information content (AvgIpc) is 2.37. The third kappa shape index (κ3) is 5.97. The highest BCUT2D eigenvalue weighted by molar-refractivity contribution is 7.99. The number of hydrogen-bond acceptors (Lipinski definition) is 4. The third-order valence-corrected chi connectivity index (χ3v) is 3.01. The zero-order valence-corrected chi connectivity index (χ0v) is 10.5. The first-order chi connectivity index (χ1) is 8.22. The molecule has 0 heterocycles. The van der Waals surface area contributed by atoms with Gasteiger partial charge in [0.1, 0.15) is 6.54 Å². The molecule has 0 spiro atoms. The second kappa shape index (κ2) is 7.73. The Kier molecular flexibility index (Phi) is 6.17. The number of thioether (sulfide) groups is 1. The summed E-state index contributed by atoms with van der Waals surface area (Å²) in [6.45, 7) is -0.0641. The summed E-state index contributed by atoms with van der Waals surface area (Å²) >= 11 is 1.61. The number of ether oxygens (including phenoxy) is 1. The number of methoxy groups -OCH3 is 1. The van der Waals surface area contributed by atoms with Crippen molar-refractivity contribution in [2.75, 3.05) is 19.4 Å². The van der Waals surface area contributed by atoms with Gasteiger partial charge in [-0.2, -0.15) is 0 Å². The molecule has 1 amide bonds. The zero-order chi connectivity index (χ0) is 12.5. The first-order valence-electron chi connectivity index (χ1n) is 5.23. The third-order valence-electron chi connectivity index (χ3n) is 2.00. The van der Waals surface area contributed by atoms with Crippen LogP contribution in [0.2, 0.25) is 0 Å². The van der Waals surface area contributed by atoms with Gasteiger partial charge in [0.25, 0.3) is 0 Å². The summed E-state index contributed by atoms with van der Waals surface area (Å²) in [4.78, 5) is 23.2. The van der Waals surface area contributed by atoms with Crippen molar-refractivity contribution < 1.29 is 14.3 Å². The predicted octanol–water partition coefficient (Wildman–Crippen LogP) is 1.46. The van der Waals surface area contributed by atoms with E-state index in [-0.39, 0.29) is 12.5 Å². The summed E-state index contributed by atoms with van der Waals surface area (Å²) in [6.07, 6.45) is 0.385. The van der Waals surface area contributed by atoms with E-state index in [1.165, 1.54) is 7.11 Å². The quantitative estimate of drug-likeness (QED) is 0.616. The van der Waals surface area contributed by atoms with Crippen LogP contribution in [-0.4, -0.2) is 31.3 Å². The molecule has 0 unspecified atom stereocenters. The highest BCUT2D eigenvalue weighted by Gasteiger charge is 2.05. The van der Waals surface area contributed by atoms with Crippen molar-refractivity contribution in [3.8, 4) is 0 Å². The van der Waals surface area contributed by atoms with Crippen LogP contribution in [0, 0.1) is 0 Å². The van der Waals surface area contributed by atoms with Crippen LogP contribution in [-0.2, 0) is 14.3 Å². The highest BCUT2D eigenvalue weighted by Crippen LogP contribution is 2.17. The Morgan fingerprint density at radius 1 is 1.29 bits per heavy atom. The maximum Gasteiger partial charge on any atom is 0.325 e. The van der Waals surface area contributed by atoms with E-state index < -0.39 is 5.97 Å². The summed E-state index contributed by atoms with van der Waals surface area (Å²) in [6, 6.07) is 9.86. The van der Waals surface area contributed by atoms with Gasteiger partial charge in [0.2, 0.25) is 5.91 Å². The minimum Gasteiger partial charge on any atom is -0.468 e. The summed E-state index contributed by atoms with van der Waals surface area (Å²) in [7, 11) is 1.29. The Bertz CT molecular complexity index is 367. The van der Waals surface area contributed by atoms with E-state index in [0.717, 1.165) is 4.90 Å². The van der Waals surface area contributed by atoms with Gasteiger partial charge in [-0.15, -0.1) is 11.8 Å². The lowest BCUT2D eigenvalue weighted by Crippen LogP contribution is -2.30. The molecule has 0 saturated heterocycles. The second-order valence-electron chi connectivity index (χ2n) is 3.26. The Morgan fingerprint density at radius 3 is 2.65 bits per heavy atom. The van der Waals surface area contributed by atoms with E-state index in [0.29, 0.717) is 12.2 Å². The fraction of sp³-hybridized carbons (Fsp3) is 0.333. The number of benzene rings is 1. The van der Waals surface area contributed by atoms with Gasteiger partial charge in [0, 0.05) is 17.1 Å². The maximum absolute atomic E-state index is 11.3. The largest absolute Gasteiger partial charge is 0.468 e. The number of carbonyl (C=O) groups is 2. The molecule has 1 rings (SSSR count). The molecule has 0 bridgehead atoms. The van der Waals surface area contributed by atoms with E-state index in [1.54, 1.807) is 11.8 Å². The molecule has 0 aliphatic rings. The highest BCUT2D eigenvalue weighted by atomic mass is 32.2. The molecule has 1 aromatic rings. The van der Waals surface area contributed by atoms with E-state index in [2.05, 4.69) is 10.1 Å². The number of esters is 1. The molecule has 0 atom stereocenters. The Balaban J connectivity index is 2.14. The van der Waals surface area contributed by atoms with Gasteiger partial charge >= 0.3 is 5.97 Å². The van der Waals surface area contributed by atoms with Crippen molar-refractivity contribution in [2.24, 2.45) is 0 Å². The van der Waals surface area contributed by atoms with Crippen molar-refractivity contribution in [1.29, 1.82) is 0 Å². The first-order valence-corrected chi connectivity index (χ1v) is 6.22. The molecule has 4 nitrogen and oxygen atoms in total. The Hall–Kier alpha value is -1.49. The van der Waals surface area contributed by atoms with E-state index in [1.807, 2.05) is 30.3 Å². The van der Waals surface area contributed by atoms with Crippen LogP contribution >= 0.6 is 11.8 Å². The lowest BCUT2D eigenvalue weighted by Gasteiger charge is -2.03. The van der Waals surface area contributed by atoms with Gasteiger partial charge in [-0.3, -0.25) is 9.59 Å². The van der Waals surface area contributed by atoms with Crippen molar-refractivity contribution >= 4 is 23.6 Å². The Labute approximate surface area is 105 Å². The molecular formula is C12H15NO3S. The SMILES string of the molecule is COC(=O)CNC(=O)CCSc1ccccc1. The minimum atomic E-state index is -0.436. The van der Waals surface area contributed by atoms with E-state index >= 15 is 0 Å². The number of carbonyl (C=O) groups excluding carboxylic acids is 2. The molecule has 1 aromatic carbocycles. The Morgan fingerprint density at radius 2 is 2.00 bits per heavy atom. The van der Waals surface area contributed by atoms with Crippen LogP contribution in [0.4, 0.5) is 0 Å². The molecule has 0 aromatic heterocycles. The second-order valence-corrected chi connectivity index (χ2v) is 4.43. The molecular weight excluding hydrogens is 238 g/mol. The zero-order valence-electron chi connectivity index (χ0n) is 9.64. The van der Waals surface area contributed by atoms with Crippen LogP contribution in [0.3, 0.4) is 0 Å². The lowest BCUT2D eigenvalue weighted by atomic mass is 10.4. The first kappa shape index (κ1) is 13.6. The van der Waals surface area contributed by atoms with Crippen LogP contribution < -0.4 is 5.32 Å². The monoisotopic (exact) mass is 253 g/mol. The molecule has 0 saturated carbocycles. The van der Waals surface area contributed by atoms with Gasteiger partial charge in [0.15, 0.2) is 0 Å². The summed E-state index contributed by atoms with van der Waals surface area (Å²) < 4.78 is 4.42. The fourth-order valence-electron chi connectivity index (χ4n) is 1.11. The maximum atomic E-state index is 11.3. The average molecular weight is 253 g/mol. The summed E-state index contributed by atoms with van der Waals surface area (Å²) in [5.41, 5.74) is 0. The predicted molar refractivity (Wildman–Crippen MR) is 66.8 cm³/mol. The van der Waals surface area contributed by atoms with Crippen LogP contribution in [0.15, 0.2) is 35.2 Å². The molecule has 17 heavy (non-hydrogen) atoms. The minimum absolute atomic E-state index is 0.0641. The van der Waals surface area contributed by atoms with E-state index in [9.17, 15) is 9.59 Å². The van der Waals surface area contributed by atoms with Crippen molar-refractivity contribution in [3.63, 3.8) is 0 Å². The van der Waals surface area contributed by atoms with Crippen molar-refractivity contribution in [1.82, 2.24) is 5.32 Å². The van der Waals surface area contributed by atoms with Crippen LogP contribution in [0.25, 0.3) is 0 Å². The van der Waals surface area contributed by atoms with E-state index in [4.69, 9.17) is 0 Å². The molecule has 1 N–H and O–H groups in total. The van der Waals surface area contributed by atoms with Gasteiger partial charge < -0.3 is 10.1 Å². The van der Waals surface area contributed by atoms with Crippen LogP contribution in [0.1, 0.15) is 6.42 Å². The van der Waals surface area contributed by atoms with Gasteiger partial charge in [0.05, 0.1) is 7.11 Å². The van der Waals surface area contributed by atoms with Crippen molar-refractivity contribution in [2.45, 2.75) is 11.3 Å². The molecule has 0 fully saturated rings.